The lowest BCUT2D eigenvalue weighted by molar-refractivity contribution is 0.0869. The zero-order valence-corrected chi connectivity index (χ0v) is 13.2. The van der Waals surface area contributed by atoms with E-state index in [1.165, 1.54) is 0 Å². The number of urea groups is 1. The van der Waals surface area contributed by atoms with Gasteiger partial charge >= 0.3 is 6.03 Å². The summed E-state index contributed by atoms with van der Waals surface area (Å²) in [7, 11) is 0. The van der Waals surface area contributed by atoms with Crippen LogP contribution in [0, 0.1) is 0 Å². The van der Waals surface area contributed by atoms with Crippen LogP contribution in [0.5, 0.6) is 0 Å². The molecule has 0 aromatic carbocycles. The van der Waals surface area contributed by atoms with Crippen LogP contribution >= 0.6 is 0 Å². The summed E-state index contributed by atoms with van der Waals surface area (Å²) in [6.45, 7) is 18.3. The molecular weight excluding hydrogens is 226 g/mol. The topological polar surface area (TPSA) is 35.9 Å². The molecule has 0 radical (unpaired) electrons. The molecule has 0 bridgehead atoms. The third-order valence-electron chi connectivity index (χ3n) is 2.56. The van der Waals surface area contributed by atoms with E-state index in [9.17, 15) is 4.79 Å². The Kier molecular flexibility index (Phi) is 3.31. The first-order valence-electron chi connectivity index (χ1n) is 6.49. The minimum atomic E-state index is -0.233. The van der Waals surface area contributed by atoms with Crippen molar-refractivity contribution in [3.63, 3.8) is 0 Å². The number of aliphatic imine (C=N–C) groups is 1. The fourth-order valence-electron chi connectivity index (χ4n) is 1.90. The van der Waals surface area contributed by atoms with Gasteiger partial charge in [0.15, 0.2) is 0 Å². The van der Waals surface area contributed by atoms with Gasteiger partial charge in [-0.1, -0.05) is 0 Å². The van der Waals surface area contributed by atoms with Crippen molar-refractivity contribution in [3.05, 3.63) is 0 Å². The monoisotopic (exact) mass is 253 g/mol. The van der Waals surface area contributed by atoms with Gasteiger partial charge in [0, 0.05) is 11.1 Å². The van der Waals surface area contributed by atoms with Gasteiger partial charge in [-0.3, -0.25) is 9.80 Å². The quantitative estimate of drug-likeness (QED) is 0.651. The van der Waals surface area contributed by atoms with Crippen molar-refractivity contribution in [1.82, 2.24) is 9.80 Å². The Balaban J connectivity index is 3.21. The minimum absolute atomic E-state index is 0.0398. The molecule has 1 aliphatic heterocycles. The summed E-state index contributed by atoms with van der Waals surface area (Å²) in [4.78, 5) is 20.6. The van der Waals surface area contributed by atoms with E-state index in [0.29, 0.717) is 0 Å². The molecule has 0 saturated carbocycles. The molecule has 4 heteroatoms. The number of carbonyl (C=O) groups excluding carboxylic acids is 1. The van der Waals surface area contributed by atoms with Crippen LogP contribution in [0.2, 0.25) is 0 Å². The molecule has 0 aromatic heterocycles. The molecule has 0 N–H and O–H groups in total. The Bertz CT molecular complexity index is 351. The molecule has 0 spiro atoms. The molecule has 0 aliphatic carbocycles. The molecule has 104 valence electrons. The van der Waals surface area contributed by atoms with Crippen LogP contribution in [0.1, 0.15) is 62.3 Å². The van der Waals surface area contributed by atoms with Gasteiger partial charge in [0.25, 0.3) is 0 Å². The molecule has 1 rings (SSSR count). The fraction of sp³-hybridized carbons (Fsp3) is 0.857. The molecule has 2 amide bonds. The predicted molar refractivity (Wildman–Crippen MR) is 75.8 cm³/mol. The van der Waals surface area contributed by atoms with E-state index in [0.717, 1.165) is 5.96 Å². The van der Waals surface area contributed by atoms with Gasteiger partial charge in [0.2, 0.25) is 5.96 Å². The van der Waals surface area contributed by atoms with Crippen molar-refractivity contribution in [1.29, 1.82) is 0 Å². The maximum atomic E-state index is 12.3. The van der Waals surface area contributed by atoms with Crippen LogP contribution in [0.15, 0.2) is 4.99 Å². The zero-order chi connectivity index (χ0) is 14.5. The summed E-state index contributed by atoms with van der Waals surface area (Å²) in [5.74, 6) is 0.785. The second kappa shape index (κ2) is 3.97. The first kappa shape index (κ1) is 15.0. The van der Waals surface area contributed by atoms with Crippen molar-refractivity contribution in [2.75, 3.05) is 0 Å². The van der Waals surface area contributed by atoms with E-state index < -0.39 is 0 Å². The smallest absolute Gasteiger partial charge is 0.258 e. The van der Waals surface area contributed by atoms with Gasteiger partial charge in [0.1, 0.15) is 0 Å². The third-order valence-corrected chi connectivity index (χ3v) is 2.56. The van der Waals surface area contributed by atoms with Gasteiger partial charge in [-0.15, -0.1) is 0 Å². The van der Waals surface area contributed by atoms with Gasteiger partial charge in [0.05, 0.1) is 5.54 Å². The van der Waals surface area contributed by atoms with Crippen LogP contribution in [0.4, 0.5) is 4.79 Å². The molecule has 1 fully saturated rings. The van der Waals surface area contributed by atoms with Gasteiger partial charge in [-0.2, -0.15) is 0 Å². The summed E-state index contributed by atoms with van der Waals surface area (Å²) < 4.78 is 0. The maximum Gasteiger partial charge on any atom is 0.334 e. The minimum Gasteiger partial charge on any atom is -0.258 e. The Morgan fingerprint density at radius 2 is 1.11 bits per heavy atom. The van der Waals surface area contributed by atoms with Crippen LogP contribution in [-0.4, -0.2) is 38.4 Å². The Hall–Kier alpha value is -1.06. The largest absolute Gasteiger partial charge is 0.334 e. The lowest BCUT2D eigenvalue weighted by Gasteiger charge is -2.54. The van der Waals surface area contributed by atoms with Crippen molar-refractivity contribution in [3.8, 4) is 0 Å². The first-order chi connectivity index (χ1) is 7.75. The van der Waals surface area contributed by atoms with Gasteiger partial charge in [-0.25, -0.2) is 9.79 Å². The molecule has 0 unspecified atom stereocenters. The third kappa shape index (κ3) is 2.85. The van der Waals surface area contributed by atoms with Crippen LogP contribution in [0.25, 0.3) is 0 Å². The van der Waals surface area contributed by atoms with Gasteiger partial charge in [-0.05, 0) is 62.3 Å². The number of hydrogen-bond acceptors (Lipinski definition) is 2. The second-order valence-electron chi connectivity index (χ2n) is 7.88. The summed E-state index contributed by atoms with van der Waals surface area (Å²) in [6, 6.07) is 0.0398. The highest BCUT2D eigenvalue weighted by Gasteiger charge is 2.52. The van der Waals surface area contributed by atoms with Crippen molar-refractivity contribution < 1.29 is 4.79 Å². The van der Waals surface area contributed by atoms with Crippen LogP contribution in [-0.2, 0) is 0 Å². The highest BCUT2D eigenvalue weighted by Crippen LogP contribution is 2.33. The fourth-order valence-corrected chi connectivity index (χ4v) is 1.90. The van der Waals surface area contributed by atoms with E-state index >= 15 is 0 Å². The number of guanidine groups is 1. The van der Waals surface area contributed by atoms with E-state index in [1.54, 1.807) is 9.80 Å². The van der Waals surface area contributed by atoms with E-state index in [1.807, 2.05) is 62.3 Å². The molecule has 1 heterocycles. The van der Waals surface area contributed by atoms with Gasteiger partial charge < -0.3 is 0 Å². The number of nitrogens with zero attached hydrogens (tertiary/aromatic N) is 3. The Labute approximate surface area is 111 Å². The van der Waals surface area contributed by atoms with Crippen molar-refractivity contribution >= 4 is 12.0 Å². The molecule has 18 heavy (non-hydrogen) atoms. The number of carbonyl (C=O) groups is 1. The standard InChI is InChI=1S/C14H27N3O/c1-12(2,3)15-10-16(13(4,5)6)11(18)17(10)14(7,8)9/h1-9H3. The van der Waals surface area contributed by atoms with E-state index in [2.05, 4.69) is 0 Å². The summed E-state index contributed by atoms with van der Waals surface area (Å²) >= 11 is 0. The molecule has 4 nitrogen and oxygen atoms in total. The zero-order valence-electron chi connectivity index (χ0n) is 13.2. The predicted octanol–water partition coefficient (Wildman–Crippen LogP) is 3.48. The van der Waals surface area contributed by atoms with Crippen molar-refractivity contribution in [2.24, 2.45) is 4.99 Å². The van der Waals surface area contributed by atoms with Crippen LogP contribution < -0.4 is 0 Å². The molecule has 0 atom stereocenters. The average Bonchev–Trinajstić information content (AvgIpc) is 1.92. The summed E-state index contributed by atoms with van der Waals surface area (Å²) in [6.07, 6.45) is 0. The Morgan fingerprint density at radius 1 is 0.778 bits per heavy atom. The number of hydrogen-bond donors (Lipinski definition) is 0. The normalized spacial score (nSPS) is 18.1. The first-order valence-corrected chi connectivity index (χ1v) is 6.49. The summed E-state index contributed by atoms with van der Waals surface area (Å²) in [5.41, 5.74) is -0.658. The van der Waals surface area contributed by atoms with E-state index in [4.69, 9.17) is 4.99 Å². The molecular formula is C14H27N3O. The highest BCUT2D eigenvalue weighted by molar-refractivity contribution is 6.15. The lowest BCUT2D eigenvalue weighted by atomic mass is 9.99. The highest BCUT2D eigenvalue weighted by atomic mass is 16.2. The van der Waals surface area contributed by atoms with Crippen LogP contribution in [0.3, 0.4) is 0 Å². The molecule has 1 aliphatic rings. The molecule has 0 aromatic rings. The maximum absolute atomic E-state index is 12.3. The molecule has 1 saturated heterocycles. The average molecular weight is 253 g/mol. The number of amides is 2. The summed E-state index contributed by atoms with van der Waals surface area (Å²) in [5, 5.41) is 0. The second-order valence-corrected chi connectivity index (χ2v) is 7.88. The van der Waals surface area contributed by atoms with Crippen molar-refractivity contribution in [2.45, 2.75) is 78.9 Å². The number of rotatable bonds is 0. The van der Waals surface area contributed by atoms with E-state index in [-0.39, 0.29) is 22.6 Å². The lowest BCUT2D eigenvalue weighted by Crippen LogP contribution is -2.74. The SMILES string of the molecule is CC(C)(C)N=C1N(C(C)(C)C)C(=O)N1C(C)(C)C. The Morgan fingerprint density at radius 3 is 1.33 bits per heavy atom.